The highest BCUT2D eigenvalue weighted by Gasteiger charge is 2.46. The number of fused-ring (bicyclic) bond motifs is 1. The predicted octanol–water partition coefficient (Wildman–Crippen LogP) is 4.34. The molecule has 7 heteroatoms. The lowest BCUT2D eigenvalue weighted by Gasteiger charge is -2.44. The molecular formula is C29H38N2O5. The minimum atomic E-state index is -1.05. The number of amides is 2. The molecule has 2 aliphatic rings. The summed E-state index contributed by atoms with van der Waals surface area (Å²) in [6.07, 6.45) is 5.08. The van der Waals surface area contributed by atoms with E-state index in [4.69, 9.17) is 14.2 Å². The van der Waals surface area contributed by atoms with Crippen molar-refractivity contribution in [2.75, 3.05) is 46.5 Å². The highest BCUT2D eigenvalue weighted by molar-refractivity contribution is 5.97. The molecule has 1 saturated heterocycles. The molecule has 0 N–H and O–H groups in total. The Bertz CT molecular complexity index is 1040. The Morgan fingerprint density at radius 1 is 1.06 bits per heavy atom. The van der Waals surface area contributed by atoms with Gasteiger partial charge in [0.25, 0.3) is 11.8 Å². The number of carbonyl (C=O) groups excluding carboxylic acids is 2. The monoisotopic (exact) mass is 494 g/mol. The number of unbranched alkanes of at least 4 members (excludes halogenated alkanes) is 1. The second-order valence-corrected chi connectivity index (χ2v) is 9.58. The minimum Gasteiger partial charge on any atom is -0.496 e. The third kappa shape index (κ3) is 5.84. The van der Waals surface area contributed by atoms with Gasteiger partial charge in [0, 0.05) is 13.1 Å². The van der Waals surface area contributed by atoms with Crippen molar-refractivity contribution in [3.05, 3.63) is 59.7 Å². The van der Waals surface area contributed by atoms with Crippen LogP contribution in [0, 0.1) is 0 Å². The maximum Gasteiger partial charge on any atom is 0.257 e. The lowest BCUT2D eigenvalue weighted by Crippen LogP contribution is -2.62. The van der Waals surface area contributed by atoms with Crippen LogP contribution in [0.2, 0.25) is 0 Å². The van der Waals surface area contributed by atoms with Gasteiger partial charge in [-0.25, -0.2) is 0 Å². The van der Waals surface area contributed by atoms with Gasteiger partial charge < -0.3 is 24.0 Å². The molecule has 0 bridgehead atoms. The van der Waals surface area contributed by atoms with E-state index in [0.29, 0.717) is 50.6 Å². The molecule has 2 amide bonds. The fraction of sp³-hybridized carbons (Fsp3) is 0.517. The van der Waals surface area contributed by atoms with E-state index in [1.165, 1.54) is 5.56 Å². The second kappa shape index (κ2) is 12.3. The van der Waals surface area contributed by atoms with Gasteiger partial charge in [0.05, 0.1) is 32.4 Å². The average Bonchev–Trinajstić information content (AvgIpc) is 2.92. The quantitative estimate of drug-likeness (QED) is 0.619. The van der Waals surface area contributed by atoms with Crippen LogP contribution in [-0.2, 0) is 16.0 Å². The highest BCUT2D eigenvalue weighted by atomic mass is 16.5. The number of methoxy groups -OCH3 is 1. The van der Waals surface area contributed by atoms with Crippen molar-refractivity contribution in [3.8, 4) is 11.5 Å². The van der Waals surface area contributed by atoms with Crippen molar-refractivity contribution >= 4 is 11.8 Å². The molecule has 1 unspecified atom stereocenters. The van der Waals surface area contributed by atoms with Crippen molar-refractivity contribution in [2.45, 2.75) is 51.0 Å². The molecule has 36 heavy (non-hydrogen) atoms. The van der Waals surface area contributed by atoms with Gasteiger partial charge in [-0.3, -0.25) is 9.59 Å². The zero-order valence-corrected chi connectivity index (χ0v) is 21.5. The number of aryl methyl sites for hydroxylation is 1. The summed E-state index contributed by atoms with van der Waals surface area (Å²) in [5.74, 6) is 1.27. The number of ether oxygens (including phenoxy) is 3. The van der Waals surface area contributed by atoms with E-state index in [-0.39, 0.29) is 18.4 Å². The van der Waals surface area contributed by atoms with Gasteiger partial charge in [-0.1, -0.05) is 43.7 Å². The molecule has 2 aliphatic heterocycles. The van der Waals surface area contributed by atoms with Crippen LogP contribution in [-0.4, -0.2) is 73.7 Å². The van der Waals surface area contributed by atoms with Crippen molar-refractivity contribution in [2.24, 2.45) is 0 Å². The van der Waals surface area contributed by atoms with Crippen LogP contribution < -0.4 is 9.47 Å². The Balaban J connectivity index is 1.60. The van der Waals surface area contributed by atoms with Crippen LogP contribution in [0.15, 0.2) is 48.5 Å². The lowest BCUT2D eigenvalue weighted by molar-refractivity contribution is -0.170. The van der Waals surface area contributed by atoms with Gasteiger partial charge in [0.2, 0.25) is 0 Å². The van der Waals surface area contributed by atoms with E-state index >= 15 is 0 Å². The smallest absolute Gasteiger partial charge is 0.257 e. The second-order valence-electron chi connectivity index (χ2n) is 9.58. The van der Waals surface area contributed by atoms with Crippen molar-refractivity contribution in [3.63, 3.8) is 0 Å². The third-order valence-corrected chi connectivity index (χ3v) is 7.14. The molecule has 0 aromatic heterocycles. The maximum atomic E-state index is 14.1. The lowest BCUT2D eigenvalue weighted by atomic mass is 9.90. The Morgan fingerprint density at radius 2 is 1.86 bits per heavy atom. The first-order valence-corrected chi connectivity index (χ1v) is 13.1. The zero-order valence-electron chi connectivity index (χ0n) is 21.5. The molecular weight excluding hydrogens is 456 g/mol. The highest BCUT2D eigenvalue weighted by Crippen LogP contribution is 2.31. The molecule has 2 aromatic carbocycles. The van der Waals surface area contributed by atoms with Crippen LogP contribution in [0.1, 0.15) is 54.9 Å². The number of nitrogens with zero attached hydrogens (tertiary/aromatic N) is 2. The summed E-state index contributed by atoms with van der Waals surface area (Å²) in [5.41, 5.74) is 0.643. The van der Waals surface area contributed by atoms with Crippen LogP contribution in [0.3, 0.4) is 0 Å². The van der Waals surface area contributed by atoms with E-state index in [1.807, 2.05) is 35.2 Å². The van der Waals surface area contributed by atoms with E-state index < -0.39 is 5.60 Å². The van der Waals surface area contributed by atoms with Gasteiger partial charge in [0.1, 0.15) is 18.1 Å². The number of hydrogen-bond acceptors (Lipinski definition) is 5. The van der Waals surface area contributed by atoms with Gasteiger partial charge in [-0.05, 0) is 55.9 Å². The van der Waals surface area contributed by atoms with Gasteiger partial charge in [0.15, 0.2) is 5.60 Å². The SMILES string of the molecule is CCCCN1CCOc2ccccc2CCCCC2(CN(C(=O)c3ccccc3OC)CCO2)C1=O. The Morgan fingerprint density at radius 3 is 2.69 bits per heavy atom. The molecule has 194 valence electrons. The summed E-state index contributed by atoms with van der Waals surface area (Å²) < 4.78 is 17.9. The van der Waals surface area contributed by atoms with Crippen LogP contribution >= 0.6 is 0 Å². The summed E-state index contributed by atoms with van der Waals surface area (Å²) in [6, 6.07) is 15.4. The molecule has 0 radical (unpaired) electrons. The molecule has 1 fully saturated rings. The molecule has 4 rings (SSSR count). The van der Waals surface area contributed by atoms with E-state index in [1.54, 1.807) is 24.1 Å². The molecule has 7 nitrogen and oxygen atoms in total. The minimum absolute atomic E-state index is 0.0362. The standard InChI is InChI=1S/C29H38N2O5/c1-3-4-17-30-18-20-35-25-14-7-5-11-23(25)12-9-10-16-29(28(30)33)22-31(19-21-36-29)27(32)24-13-6-8-15-26(24)34-2/h5-8,11,13-15H,3-4,9-10,12,16-22H2,1-2H3. The molecule has 2 heterocycles. The van der Waals surface area contributed by atoms with Gasteiger partial charge in [-0.15, -0.1) is 0 Å². The molecule has 2 aromatic rings. The van der Waals surface area contributed by atoms with Crippen molar-refractivity contribution in [1.29, 1.82) is 0 Å². The predicted molar refractivity (Wildman–Crippen MR) is 139 cm³/mol. The summed E-state index contributed by atoms with van der Waals surface area (Å²) >= 11 is 0. The van der Waals surface area contributed by atoms with Crippen LogP contribution in [0.25, 0.3) is 0 Å². The molecule has 1 atom stereocenters. The number of benzene rings is 2. The van der Waals surface area contributed by atoms with Crippen LogP contribution in [0.5, 0.6) is 11.5 Å². The third-order valence-electron chi connectivity index (χ3n) is 7.14. The summed E-state index contributed by atoms with van der Waals surface area (Å²) in [7, 11) is 1.56. The summed E-state index contributed by atoms with van der Waals surface area (Å²) in [5, 5.41) is 0. The summed E-state index contributed by atoms with van der Waals surface area (Å²) in [4.78, 5) is 31.3. The first-order valence-electron chi connectivity index (χ1n) is 13.1. The average molecular weight is 495 g/mol. The summed E-state index contributed by atoms with van der Waals surface area (Å²) in [6.45, 7) is 4.68. The zero-order chi connectivity index (χ0) is 25.4. The van der Waals surface area contributed by atoms with E-state index in [9.17, 15) is 9.59 Å². The maximum absolute atomic E-state index is 14.1. The molecule has 0 saturated carbocycles. The number of hydrogen-bond donors (Lipinski definition) is 0. The molecule has 1 spiro atoms. The molecule has 0 aliphatic carbocycles. The number of rotatable bonds is 5. The normalized spacial score (nSPS) is 21.2. The van der Waals surface area contributed by atoms with E-state index in [0.717, 1.165) is 37.9 Å². The largest absolute Gasteiger partial charge is 0.496 e. The first kappa shape index (κ1) is 26.0. The number of para-hydroxylation sites is 2. The van der Waals surface area contributed by atoms with Gasteiger partial charge in [-0.2, -0.15) is 0 Å². The van der Waals surface area contributed by atoms with Crippen molar-refractivity contribution in [1.82, 2.24) is 9.80 Å². The van der Waals surface area contributed by atoms with E-state index in [2.05, 4.69) is 13.0 Å². The Hall–Kier alpha value is -3.06. The first-order chi connectivity index (χ1) is 17.6. The number of morpholine rings is 1. The van der Waals surface area contributed by atoms with Crippen LogP contribution in [0.4, 0.5) is 0 Å². The Kier molecular flexibility index (Phi) is 8.86. The topological polar surface area (TPSA) is 68.3 Å². The van der Waals surface area contributed by atoms with Gasteiger partial charge >= 0.3 is 0 Å². The fourth-order valence-electron chi connectivity index (χ4n) is 5.13. The van der Waals surface area contributed by atoms with Crippen molar-refractivity contribution < 1.29 is 23.8 Å². The number of carbonyl (C=O) groups is 2. The Labute approximate surface area is 214 Å². The fourth-order valence-corrected chi connectivity index (χ4v) is 5.13.